The molecule has 0 radical (unpaired) electrons. The maximum absolute atomic E-state index is 12.8. The Labute approximate surface area is 258 Å². The molecule has 0 heterocycles. The molecule has 0 aromatic heterocycles. The molecule has 7 amide bonds. The largest absolute Gasteiger partial charge is 0.392 e. The highest BCUT2D eigenvalue weighted by Crippen LogP contribution is 2.08. The van der Waals surface area contributed by atoms with Crippen LogP contribution in [0.15, 0.2) is 30.3 Å². The first-order valence-electron chi connectivity index (χ1n) is 14.8. The minimum Gasteiger partial charge on any atom is -0.392 e. The minimum atomic E-state index is -1.03. The summed E-state index contributed by atoms with van der Waals surface area (Å²) in [7, 11) is 0. The van der Waals surface area contributed by atoms with Gasteiger partial charge in [-0.05, 0) is 31.7 Å². The van der Waals surface area contributed by atoms with Gasteiger partial charge in [0.2, 0.25) is 41.9 Å². The predicted molar refractivity (Wildman–Crippen MR) is 161 cm³/mol. The van der Waals surface area contributed by atoms with Gasteiger partial charge in [0.05, 0.1) is 25.7 Å². The van der Waals surface area contributed by atoms with Gasteiger partial charge in [-0.3, -0.25) is 38.5 Å². The van der Waals surface area contributed by atoms with E-state index in [9.17, 15) is 38.7 Å². The van der Waals surface area contributed by atoms with Crippen LogP contribution in [0.25, 0.3) is 0 Å². The van der Waals surface area contributed by atoms with Gasteiger partial charge in [-0.2, -0.15) is 0 Å². The number of carbonyl (C=O) groups excluding carboxylic acids is 7. The van der Waals surface area contributed by atoms with E-state index in [2.05, 4.69) is 26.6 Å². The molecule has 0 aliphatic carbocycles. The summed E-state index contributed by atoms with van der Waals surface area (Å²) < 4.78 is 0. The number of hydrogen-bond acceptors (Lipinski definition) is 8. The summed E-state index contributed by atoms with van der Waals surface area (Å²) in [4.78, 5) is 85.8. The van der Waals surface area contributed by atoms with E-state index in [1.807, 2.05) is 6.92 Å². The van der Waals surface area contributed by atoms with Crippen LogP contribution in [0.4, 0.5) is 0 Å². The fraction of sp³-hybridized carbons (Fsp3) is 0.567. The van der Waals surface area contributed by atoms with E-state index in [-0.39, 0.29) is 56.8 Å². The van der Waals surface area contributed by atoms with Crippen molar-refractivity contribution in [3.8, 4) is 0 Å². The van der Waals surface area contributed by atoms with Crippen LogP contribution >= 0.6 is 0 Å². The standard InChI is InChI=1S/C30H46N6O8/c1-4-21(2)30(44)36(20-37)14-10-6-9-13-25(39)32-17-26(40)33-19-28(42)35-24(15-23-11-7-5-8-12-23)29(43)34-18-27(41)31-16-22(3)38/h5,7-8,11-12,20-22,24,38H,4,6,9-10,13-19H2,1-3H3,(H,31,41)(H,32,39)(H,33,40)(H,34,43)(H,35,42)/t21?,22?,24-/m0/s1. The molecule has 0 fully saturated rings. The molecule has 6 N–H and O–H groups in total. The monoisotopic (exact) mass is 618 g/mol. The Bertz CT molecular complexity index is 1100. The number of benzene rings is 1. The summed E-state index contributed by atoms with van der Waals surface area (Å²) in [6.45, 7) is 4.32. The highest BCUT2D eigenvalue weighted by atomic mass is 16.3. The number of unbranched alkanes of at least 4 members (excludes halogenated alkanes) is 2. The molecule has 0 saturated heterocycles. The molecule has 1 aromatic rings. The van der Waals surface area contributed by atoms with Gasteiger partial charge in [0.1, 0.15) is 6.04 Å². The fourth-order valence-corrected chi connectivity index (χ4v) is 3.84. The van der Waals surface area contributed by atoms with E-state index in [0.717, 1.165) is 10.5 Å². The van der Waals surface area contributed by atoms with E-state index in [1.165, 1.54) is 6.92 Å². The number of amides is 7. The van der Waals surface area contributed by atoms with Gasteiger partial charge in [-0.15, -0.1) is 0 Å². The molecular weight excluding hydrogens is 572 g/mol. The topological polar surface area (TPSA) is 203 Å². The lowest BCUT2D eigenvalue weighted by Crippen LogP contribution is -2.52. The third kappa shape index (κ3) is 16.3. The van der Waals surface area contributed by atoms with Gasteiger partial charge in [0.15, 0.2) is 0 Å². The maximum Gasteiger partial charge on any atom is 0.243 e. The summed E-state index contributed by atoms with van der Waals surface area (Å²) in [5.74, 6) is -3.16. The van der Waals surface area contributed by atoms with Crippen molar-refractivity contribution in [1.82, 2.24) is 31.5 Å². The van der Waals surface area contributed by atoms with Gasteiger partial charge in [-0.1, -0.05) is 50.6 Å². The van der Waals surface area contributed by atoms with Crippen LogP contribution in [0, 0.1) is 5.92 Å². The van der Waals surface area contributed by atoms with Crippen molar-refractivity contribution in [3.05, 3.63) is 35.9 Å². The van der Waals surface area contributed by atoms with Crippen molar-refractivity contribution < 1.29 is 38.7 Å². The number of carbonyl (C=O) groups is 7. The second-order valence-electron chi connectivity index (χ2n) is 10.5. The van der Waals surface area contributed by atoms with Crippen LogP contribution in [0.2, 0.25) is 0 Å². The molecule has 1 rings (SSSR count). The maximum atomic E-state index is 12.8. The highest BCUT2D eigenvalue weighted by molar-refractivity contribution is 5.93. The zero-order chi connectivity index (χ0) is 32.9. The Morgan fingerprint density at radius 3 is 2.07 bits per heavy atom. The Hall–Kier alpha value is -4.33. The molecule has 44 heavy (non-hydrogen) atoms. The van der Waals surface area contributed by atoms with Crippen molar-refractivity contribution >= 4 is 41.9 Å². The molecule has 14 heteroatoms. The lowest BCUT2D eigenvalue weighted by Gasteiger charge is -2.19. The minimum absolute atomic E-state index is 0.0299. The number of aliphatic hydroxyl groups is 1. The van der Waals surface area contributed by atoms with Gasteiger partial charge < -0.3 is 31.7 Å². The summed E-state index contributed by atoms with van der Waals surface area (Å²) in [6, 6.07) is 7.89. The highest BCUT2D eigenvalue weighted by Gasteiger charge is 2.22. The van der Waals surface area contributed by atoms with E-state index >= 15 is 0 Å². The van der Waals surface area contributed by atoms with E-state index < -0.39 is 42.3 Å². The van der Waals surface area contributed by atoms with Gasteiger partial charge in [0.25, 0.3) is 0 Å². The van der Waals surface area contributed by atoms with Crippen molar-refractivity contribution in [2.75, 3.05) is 32.7 Å². The molecular formula is C30H46N6O8. The summed E-state index contributed by atoms with van der Waals surface area (Å²) >= 11 is 0. The smallest absolute Gasteiger partial charge is 0.243 e. The molecule has 1 aromatic carbocycles. The Morgan fingerprint density at radius 1 is 0.818 bits per heavy atom. The number of nitrogens with one attached hydrogen (secondary N) is 5. The van der Waals surface area contributed by atoms with Crippen molar-refractivity contribution in [3.63, 3.8) is 0 Å². The molecule has 0 aliphatic rings. The lowest BCUT2D eigenvalue weighted by atomic mass is 10.1. The predicted octanol–water partition coefficient (Wildman–Crippen LogP) is -0.849. The van der Waals surface area contributed by atoms with Crippen LogP contribution in [-0.4, -0.2) is 96.7 Å². The fourth-order valence-electron chi connectivity index (χ4n) is 3.84. The van der Waals surface area contributed by atoms with E-state index in [1.54, 1.807) is 37.3 Å². The molecule has 0 aliphatic heterocycles. The zero-order valence-electron chi connectivity index (χ0n) is 25.7. The third-order valence-corrected chi connectivity index (χ3v) is 6.59. The molecule has 0 saturated carbocycles. The molecule has 3 atom stereocenters. The first-order chi connectivity index (χ1) is 21.0. The van der Waals surface area contributed by atoms with Gasteiger partial charge in [-0.25, -0.2) is 0 Å². The summed E-state index contributed by atoms with van der Waals surface area (Å²) in [6.07, 6.45) is 2.40. The van der Waals surface area contributed by atoms with Crippen LogP contribution in [0.5, 0.6) is 0 Å². The number of nitrogens with zero attached hydrogens (tertiary/aromatic N) is 1. The van der Waals surface area contributed by atoms with Crippen molar-refractivity contribution in [2.45, 2.75) is 71.4 Å². The Balaban J connectivity index is 2.43. The first-order valence-corrected chi connectivity index (χ1v) is 14.8. The summed E-state index contributed by atoms with van der Waals surface area (Å²) in [5, 5.41) is 21.6. The van der Waals surface area contributed by atoms with Crippen molar-refractivity contribution in [2.24, 2.45) is 5.92 Å². The van der Waals surface area contributed by atoms with Gasteiger partial charge >= 0.3 is 0 Å². The molecule has 244 valence electrons. The van der Waals surface area contributed by atoms with E-state index in [4.69, 9.17) is 0 Å². The zero-order valence-corrected chi connectivity index (χ0v) is 25.7. The molecule has 0 spiro atoms. The van der Waals surface area contributed by atoms with Crippen molar-refractivity contribution in [1.29, 1.82) is 0 Å². The SMILES string of the molecule is CCC(C)C(=O)N(C=O)CCCCCC(=O)NCC(=O)NCC(=O)N[C@@H](Cc1ccccc1)C(=O)NCC(=O)NCC(C)O. The van der Waals surface area contributed by atoms with Crippen LogP contribution in [0.3, 0.4) is 0 Å². The second-order valence-corrected chi connectivity index (χ2v) is 10.5. The van der Waals surface area contributed by atoms with Gasteiger partial charge in [0, 0.05) is 31.8 Å². The normalized spacial score (nSPS) is 12.5. The Morgan fingerprint density at radius 2 is 1.43 bits per heavy atom. The molecule has 2 unspecified atom stereocenters. The lowest BCUT2D eigenvalue weighted by molar-refractivity contribution is -0.141. The number of hydrogen-bond donors (Lipinski definition) is 6. The Kier molecular flexibility index (Phi) is 18.3. The second kappa shape index (κ2) is 21.4. The average molecular weight is 619 g/mol. The first kappa shape index (κ1) is 37.7. The quantitative estimate of drug-likeness (QED) is 0.0755. The van der Waals surface area contributed by atoms with Crippen LogP contribution in [-0.2, 0) is 40.0 Å². The number of imide groups is 1. The van der Waals surface area contributed by atoms with E-state index in [0.29, 0.717) is 32.1 Å². The van der Waals surface area contributed by atoms with Crippen LogP contribution in [0.1, 0.15) is 58.4 Å². The van der Waals surface area contributed by atoms with Crippen LogP contribution < -0.4 is 26.6 Å². The number of aliphatic hydroxyl groups excluding tert-OH is 1. The molecule has 0 bridgehead atoms. The number of rotatable bonds is 21. The molecule has 14 nitrogen and oxygen atoms in total. The average Bonchev–Trinajstić information content (AvgIpc) is 3.01. The summed E-state index contributed by atoms with van der Waals surface area (Å²) in [5.41, 5.74) is 0.763. The third-order valence-electron chi connectivity index (χ3n) is 6.59.